The van der Waals surface area contributed by atoms with Crippen LogP contribution in [0.5, 0.6) is 0 Å². The number of rotatable bonds is 0. The molecular formula is C15H24N2O3. The maximum absolute atomic E-state index is 12.2. The standard InChI is InChI=1S/C15H24N2O3/c18-11-2-1-5-16-7-9-6-10(14(11)16)8-17-13(20)4-3-12(19)15(9)17/h9-12,14-15,18-19H,1-8H2. The fourth-order valence-corrected chi connectivity index (χ4v) is 5.23. The van der Waals surface area contributed by atoms with Gasteiger partial charge in [0.05, 0.1) is 18.2 Å². The highest BCUT2D eigenvalue weighted by molar-refractivity contribution is 5.77. The van der Waals surface area contributed by atoms with Crippen LogP contribution >= 0.6 is 0 Å². The van der Waals surface area contributed by atoms with Crippen LogP contribution in [-0.4, -0.2) is 69.8 Å². The van der Waals surface area contributed by atoms with Gasteiger partial charge in [0.15, 0.2) is 0 Å². The van der Waals surface area contributed by atoms with Gasteiger partial charge in [-0.3, -0.25) is 9.69 Å². The smallest absolute Gasteiger partial charge is 0.223 e. The molecule has 0 spiro atoms. The molecule has 112 valence electrons. The number of aliphatic hydroxyl groups excluding tert-OH is 2. The molecule has 5 heteroatoms. The van der Waals surface area contributed by atoms with E-state index in [2.05, 4.69) is 4.90 Å². The molecule has 4 aliphatic heterocycles. The lowest BCUT2D eigenvalue weighted by Gasteiger charge is -2.58. The molecule has 0 radical (unpaired) electrons. The molecule has 4 saturated heterocycles. The minimum Gasteiger partial charge on any atom is -0.391 e. The first-order chi connectivity index (χ1) is 9.65. The number of hydrogen-bond donors (Lipinski definition) is 2. The first kappa shape index (κ1) is 13.0. The topological polar surface area (TPSA) is 64.0 Å². The minimum absolute atomic E-state index is 0.0209. The van der Waals surface area contributed by atoms with Crippen molar-refractivity contribution in [3.05, 3.63) is 0 Å². The van der Waals surface area contributed by atoms with E-state index in [1.165, 1.54) is 0 Å². The van der Waals surface area contributed by atoms with Crippen LogP contribution in [0.2, 0.25) is 0 Å². The summed E-state index contributed by atoms with van der Waals surface area (Å²) in [6.07, 6.45) is 3.52. The highest BCUT2D eigenvalue weighted by Gasteiger charge is 2.52. The average Bonchev–Trinajstić information content (AvgIpc) is 2.42. The Hall–Kier alpha value is -0.650. The first-order valence-electron chi connectivity index (χ1n) is 8.05. The van der Waals surface area contributed by atoms with Crippen LogP contribution in [0.15, 0.2) is 0 Å². The highest BCUT2D eigenvalue weighted by atomic mass is 16.3. The van der Waals surface area contributed by atoms with Gasteiger partial charge in [-0.1, -0.05) is 0 Å². The van der Waals surface area contributed by atoms with Gasteiger partial charge in [-0.15, -0.1) is 0 Å². The van der Waals surface area contributed by atoms with Crippen molar-refractivity contribution in [2.75, 3.05) is 19.6 Å². The van der Waals surface area contributed by atoms with Crippen LogP contribution in [0.1, 0.15) is 32.1 Å². The quantitative estimate of drug-likeness (QED) is 0.646. The summed E-state index contributed by atoms with van der Waals surface area (Å²) in [7, 11) is 0. The van der Waals surface area contributed by atoms with Crippen LogP contribution in [-0.2, 0) is 4.79 Å². The molecule has 2 bridgehead atoms. The lowest BCUT2D eigenvalue weighted by molar-refractivity contribution is -0.165. The molecular weight excluding hydrogens is 256 g/mol. The summed E-state index contributed by atoms with van der Waals surface area (Å²) in [6.45, 7) is 2.73. The van der Waals surface area contributed by atoms with Gasteiger partial charge in [-0.25, -0.2) is 0 Å². The van der Waals surface area contributed by atoms with Crippen molar-refractivity contribution >= 4 is 5.91 Å². The number of aliphatic hydroxyl groups is 2. The van der Waals surface area contributed by atoms with Crippen LogP contribution in [0.4, 0.5) is 0 Å². The molecule has 4 heterocycles. The van der Waals surface area contributed by atoms with E-state index in [0.29, 0.717) is 24.7 Å². The zero-order valence-corrected chi connectivity index (χ0v) is 11.8. The molecule has 2 N–H and O–H groups in total. The van der Waals surface area contributed by atoms with E-state index < -0.39 is 0 Å². The Morgan fingerprint density at radius 3 is 2.60 bits per heavy atom. The molecule has 20 heavy (non-hydrogen) atoms. The van der Waals surface area contributed by atoms with Gasteiger partial charge in [-0.2, -0.15) is 0 Å². The molecule has 1 amide bonds. The third-order valence-electron chi connectivity index (χ3n) is 5.96. The van der Waals surface area contributed by atoms with Gasteiger partial charge in [-0.05, 0) is 44.1 Å². The van der Waals surface area contributed by atoms with E-state index in [1.54, 1.807) is 0 Å². The monoisotopic (exact) mass is 280 g/mol. The Morgan fingerprint density at radius 2 is 1.75 bits per heavy atom. The second-order valence-corrected chi connectivity index (χ2v) is 7.09. The highest BCUT2D eigenvalue weighted by Crippen LogP contribution is 2.43. The second-order valence-electron chi connectivity index (χ2n) is 7.09. The number of amides is 1. The Balaban J connectivity index is 1.63. The van der Waals surface area contributed by atoms with E-state index in [9.17, 15) is 15.0 Å². The molecule has 0 aliphatic carbocycles. The third kappa shape index (κ3) is 1.83. The number of carbonyl (C=O) groups is 1. The first-order valence-corrected chi connectivity index (χ1v) is 8.05. The molecule has 0 aromatic carbocycles. The lowest BCUT2D eigenvalue weighted by atomic mass is 9.69. The fraction of sp³-hybridized carbons (Fsp3) is 0.933. The van der Waals surface area contributed by atoms with Crippen molar-refractivity contribution in [3.8, 4) is 0 Å². The largest absolute Gasteiger partial charge is 0.391 e. The molecule has 0 saturated carbocycles. The summed E-state index contributed by atoms with van der Waals surface area (Å²) in [6, 6.07) is 0.250. The van der Waals surface area contributed by atoms with Gasteiger partial charge in [0, 0.05) is 25.6 Å². The maximum Gasteiger partial charge on any atom is 0.223 e. The Morgan fingerprint density at radius 1 is 1.00 bits per heavy atom. The van der Waals surface area contributed by atoms with Crippen LogP contribution in [0, 0.1) is 11.8 Å². The summed E-state index contributed by atoms with van der Waals surface area (Å²) >= 11 is 0. The number of piperidine rings is 4. The molecule has 6 atom stereocenters. The predicted molar refractivity (Wildman–Crippen MR) is 72.9 cm³/mol. The predicted octanol–water partition coefficient (Wildman–Crippen LogP) is -0.187. The van der Waals surface area contributed by atoms with E-state index in [-0.39, 0.29) is 30.2 Å². The average molecular weight is 280 g/mol. The van der Waals surface area contributed by atoms with Crippen molar-refractivity contribution in [1.29, 1.82) is 0 Å². The Bertz CT molecular complexity index is 416. The molecule has 4 fully saturated rings. The SMILES string of the molecule is O=C1CCC(O)C2C3CC(CN12)C1C(O)CCCN1C3. The van der Waals surface area contributed by atoms with Crippen molar-refractivity contribution in [2.24, 2.45) is 11.8 Å². The van der Waals surface area contributed by atoms with Gasteiger partial charge in [0.25, 0.3) is 0 Å². The van der Waals surface area contributed by atoms with Crippen LogP contribution < -0.4 is 0 Å². The van der Waals surface area contributed by atoms with Gasteiger partial charge >= 0.3 is 0 Å². The molecule has 0 aromatic rings. The van der Waals surface area contributed by atoms with E-state index in [1.807, 2.05) is 4.90 Å². The summed E-state index contributed by atoms with van der Waals surface area (Å²) in [5.74, 6) is 0.970. The summed E-state index contributed by atoms with van der Waals surface area (Å²) < 4.78 is 0. The summed E-state index contributed by atoms with van der Waals surface area (Å²) in [5.41, 5.74) is 0. The Kier molecular flexibility index (Phi) is 3.05. The Labute approximate surface area is 119 Å². The molecule has 4 aliphatic rings. The normalized spacial score (nSPS) is 48.7. The van der Waals surface area contributed by atoms with Crippen molar-refractivity contribution in [3.63, 3.8) is 0 Å². The van der Waals surface area contributed by atoms with Crippen molar-refractivity contribution < 1.29 is 15.0 Å². The van der Waals surface area contributed by atoms with Gasteiger partial charge in [0.1, 0.15) is 0 Å². The zero-order valence-electron chi connectivity index (χ0n) is 11.8. The summed E-state index contributed by atoms with van der Waals surface area (Å²) in [4.78, 5) is 16.5. The summed E-state index contributed by atoms with van der Waals surface area (Å²) in [5, 5.41) is 20.7. The molecule has 6 unspecified atom stereocenters. The van der Waals surface area contributed by atoms with E-state index >= 15 is 0 Å². The number of hydrogen-bond acceptors (Lipinski definition) is 4. The maximum atomic E-state index is 12.2. The van der Waals surface area contributed by atoms with Crippen LogP contribution in [0.3, 0.4) is 0 Å². The van der Waals surface area contributed by atoms with Crippen molar-refractivity contribution in [2.45, 2.75) is 56.4 Å². The van der Waals surface area contributed by atoms with E-state index in [0.717, 1.165) is 38.9 Å². The number of fused-ring (bicyclic) bond motifs is 6. The molecule has 5 nitrogen and oxygen atoms in total. The fourth-order valence-electron chi connectivity index (χ4n) is 5.23. The molecule has 0 aromatic heterocycles. The second kappa shape index (κ2) is 4.68. The van der Waals surface area contributed by atoms with Gasteiger partial charge < -0.3 is 15.1 Å². The van der Waals surface area contributed by atoms with E-state index in [4.69, 9.17) is 0 Å². The zero-order chi connectivity index (χ0) is 13.9. The lowest BCUT2D eigenvalue weighted by Crippen LogP contribution is -2.69. The van der Waals surface area contributed by atoms with Crippen LogP contribution in [0.25, 0.3) is 0 Å². The van der Waals surface area contributed by atoms with Gasteiger partial charge in [0.2, 0.25) is 5.91 Å². The number of nitrogens with zero attached hydrogens (tertiary/aromatic N) is 2. The third-order valence-corrected chi connectivity index (χ3v) is 5.96. The molecule has 4 rings (SSSR count). The van der Waals surface area contributed by atoms with Crippen molar-refractivity contribution in [1.82, 2.24) is 9.80 Å². The minimum atomic E-state index is -0.357. The number of carbonyl (C=O) groups excluding carboxylic acids is 1.